The smallest absolute Gasteiger partial charge is 0.268 e. The quantitative estimate of drug-likeness (QED) is 0.654. The molecular formula is C16H14ClN5O2S. The van der Waals surface area contributed by atoms with Crippen LogP contribution in [0.2, 0.25) is 0 Å². The number of nitrogens with one attached hydrogen (secondary N) is 3. The number of hydrogen-bond donors (Lipinski definition) is 3. The fourth-order valence-corrected chi connectivity index (χ4v) is 3.19. The zero-order valence-corrected chi connectivity index (χ0v) is 14.5. The number of thiophene rings is 1. The monoisotopic (exact) mass is 375 g/mol. The molecule has 9 heteroatoms. The van der Waals surface area contributed by atoms with Crippen LogP contribution < -0.4 is 10.6 Å². The number of fused-ring (bicyclic) bond motifs is 1. The second kappa shape index (κ2) is 7.04. The Morgan fingerprint density at radius 3 is 2.96 bits per heavy atom. The van der Waals surface area contributed by atoms with Crippen molar-refractivity contribution in [2.24, 2.45) is 0 Å². The van der Waals surface area contributed by atoms with Gasteiger partial charge in [-0.2, -0.15) is 0 Å². The molecule has 0 atom stereocenters. The Morgan fingerprint density at radius 2 is 2.20 bits per heavy atom. The van der Waals surface area contributed by atoms with Crippen LogP contribution in [0.4, 0.5) is 5.95 Å². The van der Waals surface area contributed by atoms with Gasteiger partial charge in [0.25, 0.3) is 11.8 Å². The van der Waals surface area contributed by atoms with Crippen molar-refractivity contribution < 1.29 is 9.59 Å². The van der Waals surface area contributed by atoms with Crippen LogP contribution in [-0.2, 0) is 6.42 Å². The number of H-pyrrole nitrogens is 1. The van der Waals surface area contributed by atoms with Crippen LogP contribution in [0, 0.1) is 0 Å². The zero-order chi connectivity index (χ0) is 16.5. The lowest BCUT2D eigenvalue weighted by Crippen LogP contribution is -2.31. The van der Waals surface area contributed by atoms with Crippen molar-refractivity contribution in [3.8, 4) is 11.4 Å². The third-order valence-corrected chi connectivity index (χ3v) is 4.57. The van der Waals surface area contributed by atoms with Crippen molar-refractivity contribution >= 4 is 41.5 Å². The Labute approximate surface area is 153 Å². The molecule has 4 rings (SSSR count). The second-order valence-corrected chi connectivity index (χ2v) is 6.23. The van der Waals surface area contributed by atoms with Gasteiger partial charge in [-0.15, -0.1) is 23.7 Å². The van der Waals surface area contributed by atoms with E-state index in [4.69, 9.17) is 0 Å². The van der Waals surface area contributed by atoms with Gasteiger partial charge in [-0.05, 0) is 23.6 Å². The Bertz CT molecular complexity index is 923. The molecule has 3 N–H and O–H groups in total. The number of halogens is 1. The summed E-state index contributed by atoms with van der Waals surface area (Å²) < 4.78 is 0. The van der Waals surface area contributed by atoms with Crippen LogP contribution >= 0.6 is 23.7 Å². The molecule has 0 unspecified atom stereocenters. The number of carbonyl (C=O) groups excluding carboxylic acids is 2. The number of carbonyl (C=O) groups is 2. The van der Waals surface area contributed by atoms with E-state index < -0.39 is 0 Å². The predicted molar refractivity (Wildman–Crippen MR) is 97.4 cm³/mol. The molecule has 0 bridgehead atoms. The van der Waals surface area contributed by atoms with E-state index in [9.17, 15) is 9.59 Å². The lowest BCUT2D eigenvalue weighted by Gasteiger charge is -2.10. The van der Waals surface area contributed by atoms with Gasteiger partial charge in [0.1, 0.15) is 0 Å². The molecule has 7 nitrogen and oxygen atoms in total. The first kappa shape index (κ1) is 17.1. The normalized spacial score (nSPS) is 12.7. The SMILES string of the molecule is Cl.O=C(Nc1nccc(-c2cc3c([nH]2)CCNC3=O)n1)c1cccs1. The van der Waals surface area contributed by atoms with E-state index in [0.29, 0.717) is 22.7 Å². The molecule has 4 heterocycles. The van der Waals surface area contributed by atoms with Crippen molar-refractivity contribution in [1.29, 1.82) is 0 Å². The highest BCUT2D eigenvalue weighted by Crippen LogP contribution is 2.23. The van der Waals surface area contributed by atoms with Gasteiger partial charge in [0.15, 0.2) is 0 Å². The maximum absolute atomic E-state index is 12.1. The molecular weight excluding hydrogens is 362 g/mol. The van der Waals surface area contributed by atoms with E-state index in [1.165, 1.54) is 11.3 Å². The minimum Gasteiger partial charge on any atom is -0.356 e. The number of hydrogen-bond acceptors (Lipinski definition) is 5. The Balaban J connectivity index is 0.00000182. The van der Waals surface area contributed by atoms with Crippen LogP contribution in [0.15, 0.2) is 35.8 Å². The highest BCUT2D eigenvalue weighted by atomic mass is 35.5. The summed E-state index contributed by atoms with van der Waals surface area (Å²) in [7, 11) is 0. The first-order valence-electron chi connectivity index (χ1n) is 7.39. The van der Waals surface area contributed by atoms with Gasteiger partial charge in [-0.25, -0.2) is 9.97 Å². The molecule has 25 heavy (non-hydrogen) atoms. The molecule has 0 aliphatic carbocycles. The van der Waals surface area contributed by atoms with Gasteiger partial charge >= 0.3 is 0 Å². The summed E-state index contributed by atoms with van der Waals surface area (Å²) >= 11 is 1.35. The second-order valence-electron chi connectivity index (χ2n) is 5.28. The number of nitrogens with zero attached hydrogens (tertiary/aromatic N) is 2. The lowest BCUT2D eigenvalue weighted by atomic mass is 10.1. The molecule has 0 fully saturated rings. The summed E-state index contributed by atoms with van der Waals surface area (Å²) in [6.07, 6.45) is 2.33. The third-order valence-electron chi connectivity index (χ3n) is 3.71. The molecule has 2 amide bonds. The predicted octanol–water partition coefficient (Wildman–Crippen LogP) is 2.49. The summed E-state index contributed by atoms with van der Waals surface area (Å²) in [5.74, 6) is -0.103. The Morgan fingerprint density at radius 1 is 1.32 bits per heavy atom. The van der Waals surface area contributed by atoms with Gasteiger partial charge in [0.2, 0.25) is 5.95 Å². The molecule has 128 valence electrons. The molecule has 1 aliphatic rings. The van der Waals surface area contributed by atoms with E-state index in [-0.39, 0.29) is 30.2 Å². The van der Waals surface area contributed by atoms with Gasteiger partial charge in [0.05, 0.1) is 21.8 Å². The lowest BCUT2D eigenvalue weighted by molar-refractivity contribution is 0.0945. The fourth-order valence-electron chi connectivity index (χ4n) is 2.57. The highest BCUT2D eigenvalue weighted by molar-refractivity contribution is 7.12. The van der Waals surface area contributed by atoms with Crippen LogP contribution in [0.5, 0.6) is 0 Å². The van der Waals surface area contributed by atoms with E-state index in [0.717, 1.165) is 17.8 Å². The molecule has 0 radical (unpaired) electrons. The fraction of sp³-hybridized carbons (Fsp3) is 0.125. The van der Waals surface area contributed by atoms with Gasteiger partial charge in [-0.3, -0.25) is 14.9 Å². The highest BCUT2D eigenvalue weighted by Gasteiger charge is 2.20. The van der Waals surface area contributed by atoms with E-state index >= 15 is 0 Å². The Hall–Kier alpha value is -2.71. The van der Waals surface area contributed by atoms with E-state index in [1.54, 1.807) is 24.4 Å². The Kier molecular flexibility index (Phi) is 4.82. The molecule has 0 saturated carbocycles. The number of rotatable bonds is 3. The van der Waals surface area contributed by atoms with E-state index in [1.807, 2.05) is 11.4 Å². The molecule has 3 aromatic heterocycles. The van der Waals surface area contributed by atoms with Crippen molar-refractivity contribution in [3.05, 3.63) is 52.0 Å². The first-order chi connectivity index (χ1) is 11.7. The maximum Gasteiger partial charge on any atom is 0.268 e. The molecule has 1 aliphatic heterocycles. The summed E-state index contributed by atoms with van der Waals surface area (Å²) in [6, 6.07) is 7.06. The zero-order valence-electron chi connectivity index (χ0n) is 12.9. The summed E-state index contributed by atoms with van der Waals surface area (Å²) in [5.41, 5.74) is 2.88. The van der Waals surface area contributed by atoms with Gasteiger partial charge < -0.3 is 10.3 Å². The topological polar surface area (TPSA) is 99.8 Å². The molecule has 0 spiro atoms. The summed E-state index contributed by atoms with van der Waals surface area (Å²) in [6.45, 7) is 0.623. The number of anilines is 1. The average Bonchev–Trinajstić information content (AvgIpc) is 3.25. The van der Waals surface area contributed by atoms with Crippen LogP contribution in [-0.4, -0.2) is 33.3 Å². The third kappa shape index (κ3) is 3.40. The summed E-state index contributed by atoms with van der Waals surface area (Å²) in [5, 5.41) is 7.32. The minimum atomic E-state index is -0.243. The van der Waals surface area contributed by atoms with Crippen LogP contribution in [0.3, 0.4) is 0 Å². The van der Waals surface area contributed by atoms with Crippen LogP contribution in [0.1, 0.15) is 25.7 Å². The van der Waals surface area contributed by atoms with Gasteiger partial charge in [-0.1, -0.05) is 6.07 Å². The van der Waals surface area contributed by atoms with Crippen molar-refractivity contribution in [2.75, 3.05) is 11.9 Å². The number of amides is 2. The average molecular weight is 376 g/mol. The minimum absolute atomic E-state index is 0. The largest absolute Gasteiger partial charge is 0.356 e. The number of aromatic amines is 1. The van der Waals surface area contributed by atoms with Crippen molar-refractivity contribution in [1.82, 2.24) is 20.3 Å². The standard InChI is InChI=1S/C16H13N5O2S.ClH/c22-14-9-8-12(19-10(9)3-5-17-14)11-4-6-18-16(20-11)21-15(23)13-2-1-7-24-13;/h1-2,4,6-8,19H,3,5H2,(H,17,22)(H,18,20,21,23);1H. The van der Waals surface area contributed by atoms with Crippen molar-refractivity contribution in [2.45, 2.75) is 6.42 Å². The number of aromatic nitrogens is 3. The summed E-state index contributed by atoms with van der Waals surface area (Å²) in [4.78, 5) is 36.2. The maximum atomic E-state index is 12.1. The van der Waals surface area contributed by atoms with Gasteiger partial charge in [0, 0.05) is 24.9 Å². The first-order valence-corrected chi connectivity index (χ1v) is 8.27. The van der Waals surface area contributed by atoms with Crippen LogP contribution in [0.25, 0.3) is 11.4 Å². The molecule has 3 aromatic rings. The molecule has 0 aromatic carbocycles. The molecule has 0 saturated heterocycles. The van der Waals surface area contributed by atoms with Crippen molar-refractivity contribution in [3.63, 3.8) is 0 Å². The van der Waals surface area contributed by atoms with E-state index in [2.05, 4.69) is 25.6 Å².